The van der Waals surface area contributed by atoms with Crippen LogP contribution >= 0.6 is 0 Å². The number of carbonyl (C=O) groups is 2. The number of allylic oxidation sites excluding steroid dienone is 2. The van der Waals surface area contributed by atoms with E-state index in [2.05, 4.69) is 40.7 Å². The summed E-state index contributed by atoms with van der Waals surface area (Å²) in [5.41, 5.74) is 2.06. The molecule has 4 aliphatic rings. The third-order valence-electron chi connectivity index (χ3n) is 10.0. The molecular weight excluding hydrogens is 356 g/mol. The third kappa shape index (κ3) is 3.47. The summed E-state index contributed by atoms with van der Waals surface area (Å²) in [5.74, 6) is 4.13. The molecule has 0 aromatic heterocycles. The lowest BCUT2D eigenvalue weighted by Crippen LogP contribution is -2.56. The lowest BCUT2D eigenvalue weighted by molar-refractivity contribution is -0.157. The molecule has 0 heterocycles. The van der Waals surface area contributed by atoms with E-state index < -0.39 is 0 Å². The highest BCUT2D eigenvalue weighted by Gasteiger charge is 2.62. The fraction of sp³-hybridized carbons (Fsp3) is 0.852. The third-order valence-corrected chi connectivity index (χ3v) is 10.0. The summed E-state index contributed by atoms with van der Waals surface area (Å²) in [6.45, 7) is 11.9. The van der Waals surface area contributed by atoms with Crippen molar-refractivity contribution in [3.8, 4) is 0 Å². The Morgan fingerprint density at radius 3 is 2.48 bits per heavy atom. The molecule has 162 valence electrons. The van der Waals surface area contributed by atoms with Crippen LogP contribution in [-0.2, 0) is 9.59 Å². The molecule has 2 heteroatoms. The van der Waals surface area contributed by atoms with Crippen molar-refractivity contribution < 1.29 is 9.59 Å². The normalized spacial score (nSPS) is 45.2. The van der Waals surface area contributed by atoms with Crippen LogP contribution < -0.4 is 0 Å². The zero-order chi connectivity index (χ0) is 21.0. The average Bonchev–Trinajstić information content (AvgIpc) is 3.00. The standard InChI is InChI=1S/C27H42O2/c1-17(2)7-6-8-18(3)21-9-10-22-20-16-25(29)24-15-19(28)11-13-27(24,5)23(20)12-14-26(21,22)4/h8,17,20-24H,6-7,9-16H2,1-5H3/b18-8+. The smallest absolute Gasteiger partial charge is 0.137 e. The van der Waals surface area contributed by atoms with Crippen molar-refractivity contribution in [2.24, 2.45) is 46.3 Å². The van der Waals surface area contributed by atoms with Gasteiger partial charge >= 0.3 is 0 Å². The molecule has 0 N–H and O–H groups in total. The second-order valence-electron chi connectivity index (χ2n) is 11.9. The molecule has 2 nitrogen and oxygen atoms in total. The molecule has 0 radical (unpaired) electrons. The lowest BCUT2D eigenvalue weighted by atomic mass is 9.44. The summed E-state index contributed by atoms with van der Waals surface area (Å²) >= 11 is 0. The first-order valence-electron chi connectivity index (χ1n) is 12.4. The second-order valence-corrected chi connectivity index (χ2v) is 11.9. The maximum Gasteiger partial charge on any atom is 0.137 e. The first kappa shape index (κ1) is 21.3. The van der Waals surface area contributed by atoms with Crippen LogP contribution in [0.5, 0.6) is 0 Å². The number of hydrogen-bond acceptors (Lipinski definition) is 2. The van der Waals surface area contributed by atoms with Crippen LogP contribution in [0.1, 0.15) is 98.8 Å². The van der Waals surface area contributed by atoms with E-state index >= 15 is 0 Å². The van der Waals surface area contributed by atoms with Crippen LogP contribution in [0.3, 0.4) is 0 Å². The predicted octanol–water partition coefficient (Wildman–Crippen LogP) is 6.78. The number of hydrogen-bond donors (Lipinski definition) is 0. The van der Waals surface area contributed by atoms with Gasteiger partial charge in [0.25, 0.3) is 0 Å². The number of fused-ring (bicyclic) bond motifs is 5. The molecule has 0 amide bonds. The summed E-state index contributed by atoms with van der Waals surface area (Å²) in [7, 11) is 0. The van der Waals surface area contributed by atoms with Crippen molar-refractivity contribution >= 4 is 11.6 Å². The highest BCUT2D eigenvalue weighted by molar-refractivity contribution is 5.90. The number of carbonyl (C=O) groups excluding carboxylic acids is 2. The molecule has 0 saturated heterocycles. The fourth-order valence-corrected chi connectivity index (χ4v) is 8.37. The molecular formula is C27H42O2. The van der Waals surface area contributed by atoms with Gasteiger partial charge in [0, 0.05) is 25.2 Å². The van der Waals surface area contributed by atoms with Crippen molar-refractivity contribution in [1.29, 1.82) is 0 Å². The van der Waals surface area contributed by atoms with Gasteiger partial charge in [-0.05, 0) is 92.3 Å². The molecule has 4 saturated carbocycles. The minimum Gasteiger partial charge on any atom is -0.300 e. The van der Waals surface area contributed by atoms with E-state index in [1.54, 1.807) is 5.57 Å². The molecule has 4 fully saturated rings. The van der Waals surface area contributed by atoms with E-state index in [0.717, 1.165) is 18.8 Å². The van der Waals surface area contributed by atoms with Gasteiger partial charge in [-0.1, -0.05) is 39.3 Å². The van der Waals surface area contributed by atoms with Gasteiger partial charge in [-0.25, -0.2) is 0 Å². The molecule has 29 heavy (non-hydrogen) atoms. The second kappa shape index (κ2) is 7.65. The van der Waals surface area contributed by atoms with Gasteiger partial charge in [-0.3, -0.25) is 9.59 Å². The molecule has 0 aromatic rings. The summed E-state index contributed by atoms with van der Waals surface area (Å²) in [4.78, 5) is 25.3. The monoisotopic (exact) mass is 398 g/mol. The van der Waals surface area contributed by atoms with Crippen molar-refractivity contribution in [2.45, 2.75) is 98.8 Å². The van der Waals surface area contributed by atoms with Crippen LogP contribution in [0.15, 0.2) is 11.6 Å². The Kier molecular flexibility index (Phi) is 5.62. The molecule has 0 bridgehead atoms. The predicted molar refractivity (Wildman–Crippen MR) is 118 cm³/mol. The van der Waals surface area contributed by atoms with Gasteiger partial charge in [0.15, 0.2) is 0 Å². The first-order chi connectivity index (χ1) is 13.7. The minimum atomic E-state index is 0.0178. The molecule has 0 aliphatic heterocycles. The summed E-state index contributed by atoms with van der Waals surface area (Å²) < 4.78 is 0. The lowest BCUT2D eigenvalue weighted by Gasteiger charge is -2.59. The summed E-state index contributed by atoms with van der Waals surface area (Å²) in [6, 6.07) is 0. The van der Waals surface area contributed by atoms with E-state index in [0.29, 0.717) is 53.5 Å². The largest absolute Gasteiger partial charge is 0.300 e. The Balaban J connectivity index is 1.56. The number of ketones is 2. The van der Waals surface area contributed by atoms with Crippen molar-refractivity contribution in [1.82, 2.24) is 0 Å². The van der Waals surface area contributed by atoms with Gasteiger partial charge in [-0.2, -0.15) is 0 Å². The van der Waals surface area contributed by atoms with Gasteiger partial charge in [0.2, 0.25) is 0 Å². The van der Waals surface area contributed by atoms with Gasteiger partial charge in [0.05, 0.1) is 0 Å². The van der Waals surface area contributed by atoms with E-state index in [9.17, 15) is 9.59 Å². The van der Waals surface area contributed by atoms with Crippen LogP contribution in [-0.4, -0.2) is 11.6 Å². The Bertz CT molecular complexity index is 703. The Morgan fingerprint density at radius 1 is 1.03 bits per heavy atom. The Morgan fingerprint density at radius 2 is 1.76 bits per heavy atom. The maximum absolute atomic E-state index is 13.2. The van der Waals surface area contributed by atoms with Gasteiger partial charge in [0.1, 0.15) is 11.6 Å². The van der Waals surface area contributed by atoms with Crippen LogP contribution in [0.4, 0.5) is 0 Å². The molecule has 7 unspecified atom stereocenters. The molecule has 7 atom stereocenters. The van der Waals surface area contributed by atoms with Crippen LogP contribution in [0.25, 0.3) is 0 Å². The summed E-state index contributed by atoms with van der Waals surface area (Å²) in [5, 5.41) is 0. The van der Waals surface area contributed by atoms with Gasteiger partial charge < -0.3 is 0 Å². The molecule has 0 aromatic carbocycles. The number of rotatable bonds is 4. The maximum atomic E-state index is 13.2. The van der Waals surface area contributed by atoms with Gasteiger partial charge in [-0.15, -0.1) is 0 Å². The Hall–Kier alpha value is -0.920. The highest BCUT2D eigenvalue weighted by atomic mass is 16.1. The molecule has 4 aliphatic carbocycles. The summed E-state index contributed by atoms with van der Waals surface area (Å²) in [6.07, 6.45) is 13.1. The van der Waals surface area contributed by atoms with Crippen LogP contribution in [0.2, 0.25) is 0 Å². The first-order valence-corrected chi connectivity index (χ1v) is 12.4. The minimum absolute atomic E-state index is 0.0178. The SMILES string of the molecule is C/C(=C\CCC(C)C)C1CCC2C3CC(=O)C4CC(=O)CCC4(C)C3CCC12C. The van der Waals surface area contributed by atoms with Crippen molar-refractivity contribution in [3.05, 3.63) is 11.6 Å². The van der Waals surface area contributed by atoms with Crippen molar-refractivity contribution in [2.75, 3.05) is 0 Å². The van der Waals surface area contributed by atoms with Crippen molar-refractivity contribution in [3.63, 3.8) is 0 Å². The topological polar surface area (TPSA) is 34.1 Å². The van der Waals surface area contributed by atoms with E-state index in [-0.39, 0.29) is 11.3 Å². The van der Waals surface area contributed by atoms with E-state index in [1.165, 1.54) is 38.5 Å². The van der Waals surface area contributed by atoms with E-state index in [1.807, 2.05) is 0 Å². The highest BCUT2D eigenvalue weighted by Crippen LogP contribution is 2.67. The zero-order valence-corrected chi connectivity index (χ0v) is 19.4. The average molecular weight is 399 g/mol. The Labute approximate surface area is 178 Å². The van der Waals surface area contributed by atoms with Crippen LogP contribution in [0, 0.1) is 46.3 Å². The van der Waals surface area contributed by atoms with E-state index in [4.69, 9.17) is 0 Å². The molecule has 0 spiro atoms. The fourth-order valence-electron chi connectivity index (χ4n) is 8.37. The number of Topliss-reactive ketones (excluding diaryl/α,β-unsaturated/α-hetero) is 2. The zero-order valence-electron chi connectivity index (χ0n) is 19.4. The quantitative estimate of drug-likeness (QED) is 0.489. The molecule has 4 rings (SSSR count).